The van der Waals surface area contributed by atoms with E-state index >= 15 is 0 Å². The Bertz CT molecular complexity index is 1160. The molecule has 2 heterocycles. The fourth-order valence-corrected chi connectivity index (χ4v) is 5.29. The van der Waals surface area contributed by atoms with E-state index in [2.05, 4.69) is 4.72 Å². The molecule has 1 aliphatic heterocycles. The van der Waals surface area contributed by atoms with E-state index in [1.807, 2.05) is 0 Å². The lowest BCUT2D eigenvalue weighted by Gasteiger charge is -2.22. The summed E-state index contributed by atoms with van der Waals surface area (Å²) in [6.07, 6.45) is 2.22. The molecule has 0 radical (unpaired) electrons. The van der Waals surface area contributed by atoms with Gasteiger partial charge in [-0.2, -0.15) is 4.72 Å². The van der Waals surface area contributed by atoms with Crippen LogP contribution < -0.4 is 9.62 Å². The largest absolute Gasteiger partial charge is 0.308 e. The lowest BCUT2D eigenvalue weighted by Crippen LogP contribution is -2.40. The van der Waals surface area contributed by atoms with Crippen LogP contribution in [0.5, 0.6) is 0 Å². The van der Waals surface area contributed by atoms with E-state index in [9.17, 15) is 27.2 Å². The molecule has 0 aliphatic carbocycles. The highest BCUT2D eigenvalue weighted by Crippen LogP contribution is 2.29. The van der Waals surface area contributed by atoms with Crippen LogP contribution in [-0.4, -0.2) is 44.6 Å². The van der Waals surface area contributed by atoms with E-state index in [4.69, 9.17) is 11.6 Å². The number of thiophene rings is 1. The molecule has 3 rings (SSSR count). The van der Waals surface area contributed by atoms with Gasteiger partial charge in [-0.15, -0.1) is 11.3 Å². The number of benzene rings is 1. The number of imide groups is 1. The van der Waals surface area contributed by atoms with E-state index in [0.717, 1.165) is 21.3 Å². The minimum atomic E-state index is -3.92. The topological polar surface area (TPSA) is 104 Å². The maximum atomic E-state index is 14.7. The predicted octanol–water partition coefficient (Wildman–Crippen LogP) is 2.91. The zero-order chi connectivity index (χ0) is 23.5. The summed E-state index contributed by atoms with van der Waals surface area (Å²) in [5.74, 6) is -1.30. The summed E-state index contributed by atoms with van der Waals surface area (Å²) in [5.41, 5.74) is 0.355. The number of nitrogens with one attached hydrogen (secondary N) is 1. The van der Waals surface area contributed by atoms with Gasteiger partial charge in [-0.3, -0.25) is 19.3 Å². The highest BCUT2D eigenvalue weighted by atomic mass is 35.5. The Hall–Kier alpha value is -2.60. The minimum absolute atomic E-state index is 0.0137. The molecular weight excluding hydrogens is 481 g/mol. The number of rotatable bonds is 9. The first-order chi connectivity index (χ1) is 15.1. The van der Waals surface area contributed by atoms with E-state index in [0.29, 0.717) is 27.6 Å². The zero-order valence-electron chi connectivity index (χ0n) is 16.8. The number of sulfonamides is 1. The van der Waals surface area contributed by atoms with Gasteiger partial charge >= 0.3 is 0 Å². The Balaban J connectivity index is 1.71. The molecule has 170 valence electrons. The molecule has 1 unspecified atom stereocenters. The van der Waals surface area contributed by atoms with Crippen LogP contribution in [0.1, 0.15) is 29.8 Å². The number of amides is 3. The summed E-state index contributed by atoms with van der Waals surface area (Å²) in [6, 6.07) is 5.59. The third kappa shape index (κ3) is 5.41. The van der Waals surface area contributed by atoms with Crippen molar-refractivity contribution in [2.75, 3.05) is 11.4 Å². The summed E-state index contributed by atoms with van der Waals surface area (Å²) in [7, 11) is -3.92. The van der Waals surface area contributed by atoms with Crippen LogP contribution in [0.15, 0.2) is 35.7 Å². The van der Waals surface area contributed by atoms with E-state index < -0.39 is 33.8 Å². The number of hydrogen-bond donors (Lipinski definition) is 1. The molecule has 2 aromatic rings. The Morgan fingerprint density at radius 2 is 2.00 bits per heavy atom. The van der Waals surface area contributed by atoms with Crippen molar-refractivity contribution in [3.05, 3.63) is 56.3 Å². The van der Waals surface area contributed by atoms with Gasteiger partial charge < -0.3 is 4.90 Å². The number of carbonyl (C=O) groups excluding carboxylic acids is 3. The Morgan fingerprint density at radius 1 is 1.28 bits per heavy atom. The SMILES string of the molecule is CC(c1ccc(N2CC[C@H](NS(=O)(=O)C=Cc3ccc(Cl)s3)C2=O)c(F)c1)N(C=O)C=O. The van der Waals surface area contributed by atoms with Crippen LogP contribution in [0.25, 0.3) is 6.08 Å². The summed E-state index contributed by atoms with van der Waals surface area (Å²) >= 11 is 7.02. The van der Waals surface area contributed by atoms with Gasteiger partial charge in [0.05, 0.1) is 16.1 Å². The van der Waals surface area contributed by atoms with Crippen LogP contribution in [0.2, 0.25) is 4.34 Å². The van der Waals surface area contributed by atoms with E-state index in [1.54, 1.807) is 19.1 Å². The van der Waals surface area contributed by atoms with Crippen LogP contribution >= 0.6 is 22.9 Å². The molecule has 0 bridgehead atoms. The molecular formula is C20H19ClFN3O5S2. The fraction of sp³-hybridized carbons (Fsp3) is 0.250. The van der Waals surface area contributed by atoms with E-state index in [-0.39, 0.29) is 18.7 Å². The van der Waals surface area contributed by atoms with E-state index in [1.165, 1.54) is 29.5 Å². The first-order valence-electron chi connectivity index (χ1n) is 9.40. The quantitative estimate of drug-likeness (QED) is 0.534. The zero-order valence-corrected chi connectivity index (χ0v) is 19.2. The third-order valence-electron chi connectivity index (χ3n) is 4.95. The van der Waals surface area contributed by atoms with Gasteiger partial charge in [-0.1, -0.05) is 17.7 Å². The molecule has 8 nitrogen and oxygen atoms in total. The minimum Gasteiger partial charge on any atom is -0.308 e. The number of nitrogens with zero attached hydrogens (tertiary/aromatic N) is 2. The first-order valence-corrected chi connectivity index (χ1v) is 12.1. The van der Waals surface area contributed by atoms with Gasteiger partial charge in [0, 0.05) is 16.8 Å². The first kappa shape index (κ1) is 24.1. The normalized spacial score (nSPS) is 17.7. The average Bonchev–Trinajstić information content (AvgIpc) is 3.33. The molecule has 0 saturated carbocycles. The second kappa shape index (κ2) is 9.90. The average molecular weight is 500 g/mol. The Kier molecular flexibility index (Phi) is 7.44. The van der Waals surface area contributed by atoms with Gasteiger partial charge in [0.1, 0.15) is 11.9 Å². The molecule has 1 saturated heterocycles. The van der Waals surface area contributed by atoms with Crippen LogP contribution in [-0.2, 0) is 24.4 Å². The van der Waals surface area contributed by atoms with Gasteiger partial charge in [0.15, 0.2) is 0 Å². The molecule has 1 aromatic heterocycles. The van der Waals surface area contributed by atoms with Gasteiger partial charge in [-0.05, 0) is 49.2 Å². The lowest BCUT2D eigenvalue weighted by molar-refractivity contribution is -0.131. The summed E-state index contributed by atoms with van der Waals surface area (Å²) < 4.78 is 42.2. The summed E-state index contributed by atoms with van der Waals surface area (Å²) in [5, 5.41) is 0.952. The number of carbonyl (C=O) groups is 3. The summed E-state index contributed by atoms with van der Waals surface area (Å²) in [6.45, 7) is 1.68. The van der Waals surface area contributed by atoms with Crippen molar-refractivity contribution in [3.63, 3.8) is 0 Å². The monoisotopic (exact) mass is 499 g/mol. The molecule has 0 spiro atoms. The van der Waals surface area contributed by atoms with Crippen molar-refractivity contribution in [2.24, 2.45) is 0 Å². The molecule has 1 fully saturated rings. The molecule has 1 aromatic carbocycles. The molecule has 2 atom stereocenters. The summed E-state index contributed by atoms with van der Waals surface area (Å²) in [4.78, 5) is 37.2. The molecule has 3 amide bonds. The second-order valence-corrected chi connectivity index (χ2v) is 10.3. The van der Waals surface area contributed by atoms with Gasteiger partial charge in [-0.25, -0.2) is 12.8 Å². The maximum absolute atomic E-state index is 14.7. The molecule has 1 aliphatic rings. The highest BCUT2D eigenvalue weighted by molar-refractivity contribution is 7.92. The maximum Gasteiger partial charge on any atom is 0.245 e. The predicted molar refractivity (Wildman–Crippen MR) is 120 cm³/mol. The number of halogens is 2. The van der Waals surface area contributed by atoms with Crippen LogP contribution in [0, 0.1) is 5.82 Å². The van der Waals surface area contributed by atoms with Crippen LogP contribution in [0.4, 0.5) is 10.1 Å². The smallest absolute Gasteiger partial charge is 0.245 e. The van der Waals surface area contributed by atoms with Crippen molar-refractivity contribution in [2.45, 2.75) is 25.4 Å². The molecule has 12 heteroatoms. The second-order valence-electron chi connectivity index (χ2n) is 6.98. The highest BCUT2D eigenvalue weighted by Gasteiger charge is 2.36. The Labute approximate surface area is 193 Å². The number of anilines is 1. The van der Waals surface area contributed by atoms with Crippen LogP contribution in [0.3, 0.4) is 0 Å². The van der Waals surface area contributed by atoms with Crippen molar-refractivity contribution in [1.82, 2.24) is 9.62 Å². The standard InChI is InChI=1S/C20H19ClFN3O5S2/c1-13(24(11-26)12-27)14-2-4-18(16(22)10-14)25-8-6-17(20(25)28)23-32(29,30)9-7-15-3-5-19(21)31-15/h2-5,7,9-13,17,23H,6,8H2,1H3/t13?,17-/m0/s1. The van der Waals surface area contributed by atoms with Crippen molar-refractivity contribution in [1.29, 1.82) is 0 Å². The lowest BCUT2D eigenvalue weighted by atomic mass is 10.1. The fourth-order valence-electron chi connectivity index (χ4n) is 3.22. The molecule has 1 N–H and O–H groups in total. The number of hydrogen-bond acceptors (Lipinski definition) is 6. The molecule has 32 heavy (non-hydrogen) atoms. The third-order valence-corrected chi connectivity index (χ3v) is 7.26. The van der Waals surface area contributed by atoms with Crippen molar-refractivity contribution < 1.29 is 27.2 Å². The Morgan fingerprint density at radius 3 is 2.59 bits per heavy atom. The van der Waals surface area contributed by atoms with Crippen molar-refractivity contribution in [3.8, 4) is 0 Å². The van der Waals surface area contributed by atoms with Gasteiger partial charge in [0.25, 0.3) is 0 Å². The van der Waals surface area contributed by atoms with Gasteiger partial charge in [0.2, 0.25) is 28.8 Å². The van der Waals surface area contributed by atoms with Crippen molar-refractivity contribution >= 4 is 63.5 Å².